The van der Waals surface area contributed by atoms with Gasteiger partial charge in [0.15, 0.2) is 23.0 Å². The van der Waals surface area contributed by atoms with Gasteiger partial charge in [-0.2, -0.15) is 0 Å². The zero-order valence-electron chi connectivity index (χ0n) is 34.2. The smallest absolute Gasteiger partial charge is 0.314 e. The van der Waals surface area contributed by atoms with Crippen molar-refractivity contribution in [2.45, 2.75) is 115 Å². The second kappa shape index (κ2) is 14.1. The van der Waals surface area contributed by atoms with Crippen LogP contribution in [0.5, 0.6) is 23.0 Å². The van der Waals surface area contributed by atoms with E-state index in [2.05, 4.69) is 79.3 Å². The van der Waals surface area contributed by atoms with Crippen molar-refractivity contribution in [3.8, 4) is 23.0 Å². The van der Waals surface area contributed by atoms with Crippen LogP contribution in [0.15, 0.2) is 84.9 Å². The summed E-state index contributed by atoms with van der Waals surface area (Å²) >= 11 is 0. The average molecular weight is 810 g/mol. The van der Waals surface area contributed by atoms with E-state index in [1.165, 1.54) is 46.0 Å². The molecule has 10 heteroatoms. The molecule has 2 aromatic heterocycles. The lowest BCUT2D eigenvalue weighted by Gasteiger charge is -2.15. The molecular weight excluding hydrogens is 755 g/mol. The number of benzene rings is 4. The highest BCUT2D eigenvalue weighted by atomic mass is 16.7. The number of nitrogen functional groups attached to an aromatic ring is 1. The Morgan fingerprint density at radius 3 is 1.60 bits per heavy atom. The Bertz CT molecular complexity index is 2690. The first kappa shape index (κ1) is 39.6. The molecule has 6 aliphatic rings. The van der Waals surface area contributed by atoms with Gasteiger partial charge in [0.1, 0.15) is 5.78 Å². The van der Waals surface area contributed by atoms with Gasteiger partial charge in [-0.05, 0) is 122 Å². The van der Waals surface area contributed by atoms with Gasteiger partial charge in [0.05, 0.1) is 10.8 Å². The number of Topliss-reactive ketones (excluding diaryl/α,β-unsaturated/α-hetero) is 1. The van der Waals surface area contributed by atoms with Crippen molar-refractivity contribution in [2.75, 3.05) is 19.3 Å². The number of rotatable bonds is 6. The topological polar surface area (TPSA) is 127 Å². The van der Waals surface area contributed by atoms with Crippen LogP contribution in [0.25, 0.3) is 21.8 Å². The first-order valence-corrected chi connectivity index (χ1v) is 20.9. The van der Waals surface area contributed by atoms with Crippen LogP contribution < -0.4 is 24.7 Å². The second-order valence-corrected chi connectivity index (χ2v) is 18.5. The molecule has 0 unspecified atom stereocenters. The number of anilines is 1. The van der Waals surface area contributed by atoms with Crippen molar-refractivity contribution >= 4 is 39.2 Å². The minimum Gasteiger partial charge on any atom is -0.481 e. The molecule has 2 fully saturated rings. The predicted octanol–water partition coefficient (Wildman–Crippen LogP) is 9.97. The molecule has 4 aliphatic heterocycles. The zero-order chi connectivity index (χ0) is 40.9. The van der Waals surface area contributed by atoms with Gasteiger partial charge in [0, 0.05) is 69.2 Å². The Hall–Kier alpha value is -5.90. The maximum Gasteiger partial charge on any atom is 0.314 e. The molecule has 4 aromatic carbocycles. The Balaban J connectivity index is 0.000000126. The van der Waals surface area contributed by atoms with Crippen LogP contribution in [0.1, 0.15) is 102 Å². The highest BCUT2D eigenvalue weighted by molar-refractivity contribution is 5.95. The van der Waals surface area contributed by atoms with E-state index in [9.17, 15) is 9.59 Å². The lowest BCUT2D eigenvalue weighted by Crippen LogP contribution is -2.22. The van der Waals surface area contributed by atoms with Crippen LogP contribution >= 0.6 is 0 Å². The maximum absolute atomic E-state index is 13.3. The lowest BCUT2D eigenvalue weighted by atomic mass is 9.87. The quantitative estimate of drug-likeness (QED) is 0.159. The molecule has 0 atom stereocenters. The number of nitrogens with zero attached hydrogens (tertiary/aromatic N) is 2. The van der Waals surface area contributed by atoms with Crippen LogP contribution in [0.4, 0.5) is 5.69 Å². The first-order chi connectivity index (χ1) is 28.3. The van der Waals surface area contributed by atoms with Gasteiger partial charge < -0.3 is 38.9 Å². The number of carboxylic acid groups (broad SMARTS) is 1. The van der Waals surface area contributed by atoms with Crippen molar-refractivity contribution in [1.82, 2.24) is 9.13 Å². The standard InChI is InChI=1S/C25H25NO3.C13H16N2.C11H10O4.CH4/c1-24(2)9-10-26-19-5-3-16(11-17(19)13-22(24)26)12-23(27)25(7-8-25)18-4-6-20-21(14-18)29-15-28-20;1-13(2)5-6-15-11-4-3-10(14)7-9(11)8-12(13)15;12-10(13)11(3-4-11)7-1-2-8-9(5-7)15-6-14-8;/h3-6,11,13-14H,7-10,12,15H2,1-2H3;3-4,7-8H,5-6,14H2,1-2H3;1-2,5H,3-4,6H2,(H,12,13);1H4. The summed E-state index contributed by atoms with van der Waals surface area (Å²) in [5, 5.41) is 11.7. The van der Waals surface area contributed by atoms with Crippen LogP contribution in [-0.4, -0.2) is 39.6 Å². The van der Waals surface area contributed by atoms with Gasteiger partial charge in [-0.25, -0.2) is 0 Å². The average Bonchev–Trinajstić information content (AvgIpc) is 3.81. The summed E-state index contributed by atoms with van der Waals surface area (Å²) in [7, 11) is 0. The molecule has 60 heavy (non-hydrogen) atoms. The van der Waals surface area contributed by atoms with Crippen molar-refractivity contribution in [1.29, 1.82) is 0 Å². The highest BCUT2D eigenvalue weighted by Gasteiger charge is 2.52. The molecule has 3 N–H and O–H groups in total. The van der Waals surface area contributed by atoms with Crippen LogP contribution in [0.3, 0.4) is 0 Å². The van der Waals surface area contributed by atoms with Crippen molar-refractivity contribution in [3.63, 3.8) is 0 Å². The maximum atomic E-state index is 13.3. The van der Waals surface area contributed by atoms with E-state index in [0.29, 0.717) is 42.0 Å². The summed E-state index contributed by atoms with van der Waals surface area (Å²) in [6.45, 7) is 12.0. The van der Waals surface area contributed by atoms with Crippen molar-refractivity contribution < 1.29 is 33.6 Å². The fourth-order valence-corrected chi connectivity index (χ4v) is 9.71. The SMILES string of the molecule is C.CC1(C)CCn2c1cc1cc(CC(=O)C3(c4ccc5c(c4)OCO5)CC3)ccc12.CC1(C)CCn2c1cc1cc(N)ccc12.O=C(O)C1(c2ccc3c(c2)OCO3)CC1. The molecular formula is C50H55N3O7. The number of ketones is 1. The van der Waals surface area contributed by atoms with Gasteiger partial charge in [0.25, 0.3) is 0 Å². The van der Waals surface area contributed by atoms with Gasteiger partial charge in [-0.1, -0.05) is 53.3 Å². The minimum atomic E-state index is -0.749. The molecule has 12 rings (SSSR count). The molecule has 6 aromatic rings. The largest absolute Gasteiger partial charge is 0.481 e. The van der Waals surface area contributed by atoms with Crippen molar-refractivity contribution in [3.05, 3.63) is 113 Å². The number of carbonyl (C=O) groups excluding carboxylic acids is 1. The third kappa shape index (κ3) is 6.55. The lowest BCUT2D eigenvalue weighted by molar-refractivity contribution is -0.140. The number of carboxylic acids is 1. The fraction of sp³-hybridized carbons (Fsp3) is 0.400. The van der Waals surface area contributed by atoms with E-state index in [1.54, 1.807) is 12.1 Å². The van der Waals surface area contributed by atoms with E-state index in [4.69, 9.17) is 29.8 Å². The minimum absolute atomic E-state index is 0. The number of hydrogen-bond donors (Lipinski definition) is 2. The fourth-order valence-electron chi connectivity index (χ4n) is 9.71. The normalized spacial score (nSPS) is 19.3. The third-order valence-corrected chi connectivity index (χ3v) is 13.9. The van der Waals surface area contributed by atoms with E-state index in [0.717, 1.165) is 59.8 Å². The van der Waals surface area contributed by atoms with Crippen LogP contribution in [-0.2, 0) is 50.8 Å². The summed E-state index contributed by atoms with van der Waals surface area (Å²) in [4.78, 5) is 24.4. The molecule has 312 valence electrons. The number of aromatic nitrogens is 2. The Labute approximate surface area is 351 Å². The number of fused-ring (bicyclic) bond motifs is 8. The number of hydrogen-bond acceptors (Lipinski definition) is 7. The van der Waals surface area contributed by atoms with E-state index in [1.807, 2.05) is 30.3 Å². The van der Waals surface area contributed by atoms with Crippen LogP contribution in [0, 0.1) is 0 Å². The summed E-state index contributed by atoms with van der Waals surface area (Å²) in [5.74, 6) is 2.44. The van der Waals surface area contributed by atoms with Gasteiger partial charge in [-0.15, -0.1) is 0 Å². The molecule has 0 bridgehead atoms. The summed E-state index contributed by atoms with van der Waals surface area (Å²) < 4.78 is 26.2. The zero-order valence-corrected chi connectivity index (χ0v) is 34.2. The number of aliphatic carboxylic acids is 1. The summed E-state index contributed by atoms with van der Waals surface area (Å²) in [6.07, 6.45) is 6.17. The molecule has 0 saturated heterocycles. The van der Waals surface area contributed by atoms with Crippen LogP contribution in [0.2, 0.25) is 0 Å². The molecule has 2 aliphatic carbocycles. The molecule has 2 saturated carbocycles. The van der Waals surface area contributed by atoms with E-state index in [-0.39, 0.29) is 31.8 Å². The predicted molar refractivity (Wildman–Crippen MR) is 234 cm³/mol. The summed E-state index contributed by atoms with van der Waals surface area (Å²) in [5.41, 5.74) is 14.6. The Morgan fingerprint density at radius 1 is 0.600 bits per heavy atom. The molecule has 6 heterocycles. The third-order valence-electron chi connectivity index (χ3n) is 13.9. The monoisotopic (exact) mass is 809 g/mol. The second-order valence-electron chi connectivity index (χ2n) is 18.5. The van der Waals surface area contributed by atoms with Gasteiger partial charge in [-0.3, -0.25) is 9.59 Å². The molecule has 0 amide bonds. The highest BCUT2D eigenvalue weighted by Crippen LogP contribution is 2.52. The van der Waals surface area contributed by atoms with Gasteiger partial charge in [0.2, 0.25) is 13.6 Å². The van der Waals surface area contributed by atoms with Crippen molar-refractivity contribution in [2.24, 2.45) is 0 Å². The number of ether oxygens (including phenoxy) is 4. The van der Waals surface area contributed by atoms with E-state index >= 15 is 0 Å². The van der Waals surface area contributed by atoms with E-state index < -0.39 is 11.4 Å². The van der Waals surface area contributed by atoms with Gasteiger partial charge >= 0.3 is 5.97 Å². The number of carbonyl (C=O) groups is 2. The number of aryl methyl sites for hydroxylation is 2. The molecule has 0 radical (unpaired) electrons. The number of nitrogens with two attached hydrogens (primary N) is 1. The molecule has 0 spiro atoms. The first-order valence-electron chi connectivity index (χ1n) is 20.9. The Kier molecular flexibility index (Phi) is 9.30. The molecule has 10 nitrogen and oxygen atoms in total. The summed E-state index contributed by atoms with van der Waals surface area (Å²) in [6, 6.07) is 28.7. The Morgan fingerprint density at radius 2 is 1.08 bits per heavy atom.